The fourth-order valence-corrected chi connectivity index (χ4v) is 3.73. The van der Waals surface area contributed by atoms with Gasteiger partial charge >= 0.3 is 0 Å². The molecule has 0 amide bonds. The standard InChI is InChI=1S/C16H34N4/c17-15-7-3-1-5-13(15)11-19-9-10-20-12-14-6-2-4-8-16(14)18/h13-16,19-20H,1-12,17-18H2. The molecule has 2 aliphatic rings. The maximum absolute atomic E-state index is 6.16. The minimum absolute atomic E-state index is 0.421. The average Bonchev–Trinajstić information content (AvgIpc) is 2.46. The summed E-state index contributed by atoms with van der Waals surface area (Å²) in [5.74, 6) is 1.38. The molecule has 0 spiro atoms. The van der Waals surface area contributed by atoms with Crippen LogP contribution in [-0.2, 0) is 0 Å². The highest BCUT2D eigenvalue weighted by Crippen LogP contribution is 2.22. The number of nitrogens with two attached hydrogens (primary N) is 2. The summed E-state index contributed by atoms with van der Waals surface area (Å²) < 4.78 is 0. The molecule has 4 nitrogen and oxygen atoms in total. The highest BCUT2D eigenvalue weighted by Gasteiger charge is 2.22. The molecule has 2 saturated carbocycles. The van der Waals surface area contributed by atoms with Crippen molar-refractivity contribution in [3.8, 4) is 0 Å². The van der Waals surface area contributed by atoms with E-state index in [1.807, 2.05) is 0 Å². The van der Waals surface area contributed by atoms with Gasteiger partial charge in [0.1, 0.15) is 0 Å². The van der Waals surface area contributed by atoms with E-state index < -0.39 is 0 Å². The van der Waals surface area contributed by atoms with Gasteiger partial charge in [0.25, 0.3) is 0 Å². The summed E-state index contributed by atoms with van der Waals surface area (Å²) in [6.07, 6.45) is 10.4. The third-order valence-electron chi connectivity index (χ3n) is 5.23. The summed E-state index contributed by atoms with van der Waals surface area (Å²) >= 11 is 0. The van der Waals surface area contributed by atoms with Crippen molar-refractivity contribution >= 4 is 0 Å². The molecule has 0 aromatic heterocycles. The van der Waals surface area contributed by atoms with Crippen molar-refractivity contribution in [1.29, 1.82) is 0 Å². The third-order valence-corrected chi connectivity index (χ3v) is 5.23. The highest BCUT2D eigenvalue weighted by atomic mass is 15.0. The lowest BCUT2D eigenvalue weighted by atomic mass is 9.85. The summed E-state index contributed by atoms with van der Waals surface area (Å²) in [5, 5.41) is 7.12. The fraction of sp³-hybridized carbons (Fsp3) is 1.00. The number of hydrogen-bond acceptors (Lipinski definition) is 4. The Hall–Kier alpha value is -0.160. The zero-order valence-corrected chi connectivity index (χ0v) is 12.9. The topological polar surface area (TPSA) is 76.1 Å². The Morgan fingerprint density at radius 3 is 1.45 bits per heavy atom. The van der Waals surface area contributed by atoms with Gasteiger partial charge in [-0.2, -0.15) is 0 Å². The number of rotatable bonds is 7. The molecule has 2 aliphatic carbocycles. The van der Waals surface area contributed by atoms with Gasteiger partial charge in [-0.15, -0.1) is 0 Å². The summed E-state index contributed by atoms with van der Waals surface area (Å²) in [6.45, 7) is 4.27. The lowest BCUT2D eigenvalue weighted by Crippen LogP contribution is -2.42. The van der Waals surface area contributed by atoms with Gasteiger partial charge in [0.05, 0.1) is 0 Å². The van der Waals surface area contributed by atoms with Crippen LogP contribution in [0.4, 0.5) is 0 Å². The van der Waals surface area contributed by atoms with Crippen LogP contribution >= 0.6 is 0 Å². The first-order chi connectivity index (χ1) is 9.77. The van der Waals surface area contributed by atoms with Crippen molar-refractivity contribution < 1.29 is 0 Å². The molecule has 4 heteroatoms. The smallest absolute Gasteiger partial charge is 0.00792 e. The molecular weight excluding hydrogens is 248 g/mol. The van der Waals surface area contributed by atoms with Crippen molar-refractivity contribution in [3.05, 3.63) is 0 Å². The fourth-order valence-electron chi connectivity index (χ4n) is 3.73. The van der Waals surface area contributed by atoms with Crippen LogP contribution in [0.3, 0.4) is 0 Å². The van der Waals surface area contributed by atoms with E-state index in [1.54, 1.807) is 0 Å². The molecule has 0 aromatic carbocycles. The molecule has 0 heterocycles. The van der Waals surface area contributed by atoms with Gasteiger partial charge in [0.2, 0.25) is 0 Å². The summed E-state index contributed by atoms with van der Waals surface area (Å²) in [5.41, 5.74) is 12.3. The van der Waals surface area contributed by atoms with Gasteiger partial charge in [-0.25, -0.2) is 0 Å². The Morgan fingerprint density at radius 1 is 0.650 bits per heavy atom. The zero-order valence-electron chi connectivity index (χ0n) is 12.9. The number of nitrogens with one attached hydrogen (secondary N) is 2. The summed E-state index contributed by atoms with van der Waals surface area (Å²) in [7, 11) is 0. The normalized spacial score (nSPS) is 35.1. The average molecular weight is 282 g/mol. The molecule has 6 N–H and O–H groups in total. The third kappa shape index (κ3) is 5.32. The number of hydrogen-bond donors (Lipinski definition) is 4. The van der Waals surface area contributed by atoms with E-state index >= 15 is 0 Å². The second-order valence-corrected chi connectivity index (χ2v) is 6.83. The van der Waals surface area contributed by atoms with Gasteiger partial charge in [-0.05, 0) is 50.6 Å². The van der Waals surface area contributed by atoms with E-state index in [1.165, 1.54) is 51.4 Å². The van der Waals surface area contributed by atoms with Gasteiger partial charge in [0, 0.05) is 25.2 Å². The maximum Gasteiger partial charge on any atom is 0.00792 e. The first kappa shape index (κ1) is 16.2. The predicted molar refractivity (Wildman–Crippen MR) is 85.6 cm³/mol. The molecule has 0 aliphatic heterocycles. The SMILES string of the molecule is NC1CCCCC1CNCCNCC1CCCCC1N. The van der Waals surface area contributed by atoms with Crippen molar-refractivity contribution in [1.82, 2.24) is 10.6 Å². The van der Waals surface area contributed by atoms with Crippen LogP contribution in [0.5, 0.6) is 0 Å². The minimum atomic E-state index is 0.421. The second-order valence-electron chi connectivity index (χ2n) is 6.83. The molecule has 0 saturated heterocycles. The Balaban J connectivity index is 1.47. The van der Waals surface area contributed by atoms with Crippen molar-refractivity contribution in [2.75, 3.05) is 26.2 Å². The van der Waals surface area contributed by atoms with E-state index in [4.69, 9.17) is 11.5 Å². The highest BCUT2D eigenvalue weighted by molar-refractivity contribution is 4.81. The molecule has 118 valence electrons. The van der Waals surface area contributed by atoms with Crippen molar-refractivity contribution in [2.45, 2.75) is 63.5 Å². The largest absolute Gasteiger partial charge is 0.327 e. The van der Waals surface area contributed by atoms with Gasteiger partial charge in [-0.1, -0.05) is 25.7 Å². The first-order valence-corrected chi connectivity index (χ1v) is 8.70. The lowest BCUT2D eigenvalue weighted by molar-refractivity contribution is 0.288. The minimum Gasteiger partial charge on any atom is -0.327 e. The zero-order chi connectivity index (χ0) is 14.2. The molecule has 0 radical (unpaired) electrons. The maximum atomic E-state index is 6.16. The van der Waals surface area contributed by atoms with Crippen molar-refractivity contribution in [3.63, 3.8) is 0 Å². The molecule has 2 rings (SSSR count). The van der Waals surface area contributed by atoms with Crippen LogP contribution in [0.1, 0.15) is 51.4 Å². The molecule has 20 heavy (non-hydrogen) atoms. The molecule has 4 atom stereocenters. The van der Waals surface area contributed by atoms with Gasteiger partial charge in [-0.3, -0.25) is 0 Å². The van der Waals surface area contributed by atoms with Crippen LogP contribution in [0.2, 0.25) is 0 Å². The lowest BCUT2D eigenvalue weighted by Gasteiger charge is -2.29. The van der Waals surface area contributed by atoms with Gasteiger partial charge in [0.15, 0.2) is 0 Å². The molecule has 0 aromatic rings. The monoisotopic (exact) mass is 282 g/mol. The van der Waals surface area contributed by atoms with Crippen LogP contribution in [0.25, 0.3) is 0 Å². The summed E-state index contributed by atoms with van der Waals surface area (Å²) in [4.78, 5) is 0. The van der Waals surface area contributed by atoms with E-state index in [0.717, 1.165) is 26.2 Å². The van der Waals surface area contributed by atoms with Crippen LogP contribution in [0.15, 0.2) is 0 Å². The van der Waals surface area contributed by atoms with Crippen LogP contribution in [-0.4, -0.2) is 38.3 Å². The van der Waals surface area contributed by atoms with E-state index in [9.17, 15) is 0 Å². The van der Waals surface area contributed by atoms with Crippen molar-refractivity contribution in [2.24, 2.45) is 23.3 Å². The Bertz CT molecular complexity index is 233. The summed E-state index contributed by atoms with van der Waals surface area (Å²) in [6, 6.07) is 0.842. The first-order valence-electron chi connectivity index (χ1n) is 8.70. The molecule has 2 fully saturated rings. The molecular formula is C16H34N4. The Labute approximate surface area is 124 Å². The van der Waals surface area contributed by atoms with E-state index in [2.05, 4.69) is 10.6 Å². The molecule has 4 unspecified atom stereocenters. The van der Waals surface area contributed by atoms with Gasteiger partial charge < -0.3 is 22.1 Å². The predicted octanol–water partition coefficient (Wildman–Crippen LogP) is 1.20. The van der Waals surface area contributed by atoms with Crippen LogP contribution in [0, 0.1) is 11.8 Å². The second kappa shape index (κ2) is 8.98. The quantitative estimate of drug-likeness (QED) is 0.529. The molecule has 0 bridgehead atoms. The van der Waals surface area contributed by atoms with E-state index in [-0.39, 0.29) is 0 Å². The Kier molecular flexibility index (Phi) is 7.28. The van der Waals surface area contributed by atoms with Crippen LogP contribution < -0.4 is 22.1 Å². The van der Waals surface area contributed by atoms with E-state index in [0.29, 0.717) is 23.9 Å². The Morgan fingerprint density at radius 2 is 1.05 bits per heavy atom.